The molecule has 0 saturated heterocycles. The number of hydrogen-bond donors (Lipinski definition) is 0. The van der Waals surface area contributed by atoms with Crippen LogP contribution in [0.3, 0.4) is 0 Å². The monoisotopic (exact) mass is 110 g/mol. The van der Waals surface area contributed by atoms with Gasteiger partial charge in [0.2, 0.25) is 0 Å². The average molecular weight is 110 g/mol. The molecule has 0 amide bonds. The standard InChI is InChI=1S/C2H4O2.C2H4.Na/c1-2(3)4;1-2;/h1H3,(H,3,4);1-2H2;/q;;+1/p-1. The third kappa shape index (κ3) is 2500. The van der Waals surface area contributed by atoms with Crippen LogP contribution in [0.25, 0.3) is 0 Å². The van der Waals surface area contributed by atoms with Gasteiger partial charge in [0.25, 0.3) is 0 Å². The molecule has 0 aliphatic carbocycles. The topological polar surface area (TPSA) is 40.1 Å². The molecule has 0 N–H and O–H groups in total. The predicted octanol–water partition coefficient (Wildman–Crippen LogP) is -3.44. The SMILES string of the molecule is C=C.CC(=O)[O-].[Na+]. The maximum atomic E-state index is 8.89. The Kier molecular flexibility index (Phi) is 36.7. The van der Waals surface area contributed by atoms with Gasteiger partial charge in [-0.3, -0.25) is 0 Å². The quantitative estimate of drug-likeness (QED) is 0.240. The van der Waals surface area contributed by atoms with Crippen LogP contribution in [0.4, 0.5) is 0 Å². The van der Waals surface area contributed by atoms with Crippen molar-refractivity contribution < 1.29 is 39.5 Å². The Morgan fingerprint density at radius 1 is 1.57 bits per heavy atom. The molecule has 0 bridgehead atoms. The molecule has 0 heterocycles. The zero-order valence-electron chi connectivity index (χ0n) is 4.73. The van der Waals surface area contributed by atoms with Gasteiger partial charge in [-0.05, 0) is 6.92 Å². The van der Waals surface area contributed by atoms with Gasteiger partial charge in [0.05, 0.1) is 0 Å². The van der Waals surface area contributed by atoms with Gasteiger partial charge in [-0.15, -0.1) is 13.2 Å². The van der Waals surface area contributed by atoms with E-state index in [-0.39, 0.29) is 29.6 Å². The molecule has 0 aromatic rings. The van der Waals surface area contributed by atoms with Crippen molar-refractivity contribution >= 4 is 5.97 Å². The third-order valence-corrected chi connectivity index (χ3v) is 0. The molecule has 0 unspecified atom stereocenters. The molecule has 0 rings (SSSR count). The summed E-state index contributed by atoms with van der Waals surface area (Å²) in [4.78, 5) is 8.89. The third-order valence-electron chi connectivity index (χ3n) is 0. The summed E-state index contributed by atoms with van der Waals surface area (Å²) in [7, 11) is 0. The zero-order chi connectivity index (χ0) is 5.58. The van der Waals surface area contributed by atoms with Crippen LogP contribution in [0.1, 0.15) is 6.92 Å². The molecule has 0 aliphatic heterocycles. The number of carbonyl (C=O) groups excluding carboxylic acids is 1. The first kappa shape index (κ1) is 15.7. The fraction of sp³-hybridized carbons (Fsp3) is 0.250. The van der Waals surface area contributed by atoms with Gasteiger partial charge in [-0.25, -0.2) is 0 Å². The maximum Gasteiger partial charge on any atom is 1.00 e. The van der Waals surface area contributed by atoms with Gasteiger partial charge in [-0.1, -0.05) is 0 Å². The van der Waals surface area contributed by atoms with E-state index in [1.165, 1.54) is 0 Å². The number of carboxylic acid groups (broad SMARTS) is 1. The average Bonchev–Trinajstić information content (AvgIpc) is 1.41. The Morgan fingerprint density at radius 3 is 1.57 bits per heavy atom. The Bertz CT molecular complexity index is 41.0. The molecule has 0 atom stereocenters. The number of aliphatic carboxylic acids is 1. The van der Waals surface area contributed by atoms with Gasteiger partial charge in [-0.2, -0.15) is 0 Å². The summed E-state index contributed by atoms with van der Waals surface area (Å²) in [6.45, 7) is 6.97. The summed E-state index contributed by atoms with van der Waals surface area (Å²) in [6, 6.07) is 0. The molecule has 0 spiro atoms. The Balaban J connectivity index is -0.0000000480. The van der Waals surface area contributed by atoms with E-state index in [1.807, 2.05) is 0 Å². The molecule has 0 aliphatic rings. The molecule has 0 aromatic carbocycles. The van der Waals surface area contributed by atoms with Crippen LogP contribution in [0, 0.1) is 0 Å². The molecule has 2 nitrogen and oxygen atoms in total. The number of rotatable bonds is 0. The van der Waals surface area contributed by atoms with Crippen LogP contribution in [0.5, 0.6) is 0 Å². The summed E-state index contributed by atoms with van der Waals surface area (Å²) in [6.07, 6.45) is 0. The molecule has 3 heteroatoms. The molecule has 0 fully saturated rings. The van der Waals surface area contributed by atoms with Crippen molar-refractivity contribution in [3.63, 3.8) is 0 Å². The van der Waals surface area contributed by atoms with Gasteiger partial charge in [0.1, 0.15) is 0 Å². The van der Waals surface area contributed by atoms with Crippen molar-refractivity contribution in [1.82, 2.24) is 0 Å². The van der Waals surface area contributed by atoms with Gasteiger partial charge < -0.3 is 9.90 Å². The van der Waals surface area contributed by atoms with E-state index in [0.29, 0.717) is 0 Å². The Labute approximate surface area is 65.5 Å². The van der Waals surface area contributed by atoms with Crippen LogP contribution in [0.15, 0.2) is 13.2 Å². The first-order chi connectivity index (χ1) is 2.73. The Morgan fingerprint density at radius 2 is 1.57 bits per heavy atom. The summed E-state index contributed by atoms with van der Waals surface area (Å²) in [5, 5.41) is 8.89. The summed E-state index contributed by atoms with van der Waals surface area (Å²) in [5.74, 6) is -1.08. The number of hydrogen-bond acceptors (Lipinski definition) is 2. The van der Waals surface area contributed by atoms with E-state index in [9.17, 15) is 0 Å². The van der Waals surface area contributed by atoms with Gasteiger partial charge >= 0.3 is 29.6 Å². The molecular formula is C4H7NaO2. The van der Waals surface area contributed by atoms with E-state index in [2.05, 4.69) is 13.2 Å². The molecule has 0 saturated carbocycles. The van der Waals surface area contributed by atoms with Crippen molar-refractivity contribution in [2.45, 2.75) is 6.92 Å². The second-order valence-electron chi connectivity index (χ2n) is 0.492. The minimum absolute atomic E-state index is 0. The number of carboxylic acids is 1. The van der Waals surface area contributed by atoms with Crippen molar-refractivity contribution in [3.8, 4) is 0 Å². The van der Waals surface area contributed by atoms with Crippen molar-refractivity contribution in [1.29, 1.82) is 0 Å². The largest absolute Gasteiger partial charge is 1.00 e. The normalized spacial score (nSPS) is 4.14. The van der Waals surface area contributed by atoms with Crippen molar-refractivity contribution in [2.75, 3.05) is 0 Å². The van der Waals surface area contributed by atoms with Crippen molar-refractivity contribution in [3.05, 3.63) is 13.2 Å². The minimum atomic E-state index is -1.08. The zero-order valence-corrected chi connectivity index (χ0v) is 6.73. The predicted molar refractivity (Wildman–Crippen MR) is 21.9 cm³/mol. The molecule has 7 heavy (non-hydrogen) atoms. The summed E-state index contributed by atoms with van der Waals surface area (Å²) < 4.78 is 0. The fourth-order valence-corrected chi connectivity index (χ4v) is 0. The second kappa shape index (κ2) is 16.4. The fourth-order valence-electron chi connectivity index (χ4n) is 0. The Hall–Kier alpha value is 0.210. The van der Waals surface area contributed by atoms with Crippen molar-refractivity contribution in [2.24, 2.45) is 0 Å². The molecule has 0 radical (unpaired) electrons. The van der Waals surface area contributed by atoms with E-state index in [1.54, 1.807) is 0 Å². The summed E-state index contributed by atoms with van der Waals surface area (Å²) in [5.41, 5.74) is 0. The minimum Gasteiger partial charge on any atom is -0.550 e. The van der Waals surface area contributed by atoms with Gasteiger partial charge in [0, 0.05) is 5.97 Å². The number of carbonyl (C=O) groups is 1. The second-order valence-corrected chi connectivity index (χ2v) is 0.492. The van der Waals surface area contributed by atoms with E-state index >= 15 is 0 Å². The van der Waals surface area contributed by atoms with E-state index in [4.69, 9.17) is 9.90 Å². The maximum absolute atomic E-state index is 8.89. The van der Waals surface area contributed by atoms with E-state index in [0.717, 1.165) is 6.92 Å². The van der Waals surface area contributed by atoms with Crippen LogP contribution in [-0.2, 0) is 4.79 Å². The molecule has 36 valence electrons. The van der Waals surface area contributed by atoms with Crippen LogP contribution in [0.2, 0.25) is 0 Å². The smallest absolute Gasteiger partial charge is 0.550 e. The molecule has 0 aromatic heterocycles. The van der Waals surface area contributed by atoms with Crippen LogP contribution >= 0.6 is 0 Å². The van der Waals surface area contributed by atoms with Crippen LogP contribution in [-0.4, -0.2) is 5.97 Å². The first-order valence-corrected chi connectivity index (χ1v) is 1.41. The van der Waals surface area contributed by atoms with Crippen LogP contribution < -0.4 is 34.7 Å². The summed E-state index contributed by atoms with van der Waals surface area (Å²) >= 11 is 0. The van der Waals surface area contributed by atoms with E-state index < -0.39 is 5.97 Å². The molecular weight excluding hydrogens is 103 g/mol. The first-order valence-electron chi connectivity index (χ1n) is 1.41. The van der Waals surface area contributed by atoms with Gasteiger partial charge in [0.15, 0.2) is 0 Å².